The van der Waals surface area contributed by atoms with Gasteiger partial charge < -0.3 is 9.73 Å². The number of rotatable bonds is 6. The van der Waals surface area contributed by atoms with Crippen molar-refractivity contribution in [3.8, 4) is 6.07 Å². The number of anilines is 1. The highest BCUT2D eigenvalue weighted by molar-refractivity contribution is 5.33. The van der Waals surface area contributed by atoms with E-state index in [0.29, 0.717) is 29.9 Å². The van der Waals surface area contributed by atoms with Gasteiger partial charge >= 0.3 is 6.01 Å². The molecule has 0 bridgehead atoms. The Morgan fingerprint density at radius 2 is 2.00 bits per heavy atom. The van der Waals surface area contributed by atoms with Gasteiger partial charge in [0.15, 0.2) is 0 Å². The van der Waals surface area contributed by atoms with Crippen molar-refractivity contribution in [1.82, 2.24) is 10.2 Å². The number of aryl methyl sites for hydroxylation is 1. The summed E-state index contributed by atoms with van der Waals surface area (Å²) in [5.41, 5.74) is 1.72. The highest BCUT2D eigenvalue weighted by Gasteiger charge is 2.06. The van der Waals surface area contributed by atoms with Crippen LogP contribution in [0.3, 0.4) is 0 Å². The Morgan fingerprint density at radius 3 is 2.65 bits per heavy atom. The lowest BCUT2D eigenvalue weighted by Crippen LogP contribution is -1.99. The summed E-state index contributed by atoms with van der Waals surface area (Å²) in [5.74, 6) is 1.29. The molecule has 0 unspecified atom stereocenters. The third-order valence-corrected chi connectivity index (χ3v) is 2.93. The Labute approximate surface area is 118 Å². The molecule has 0 spiro atoms. The number of hydrogen-bond acceptors (Lipinski definition) is 5. The average molecular weight is 270 g/mol. The van der Waals surface area contributed by atoms with Gasteiger partial charge in [0.05, 0.1) is 11.6 Å². The molecule has 0 saturated carbocycles. The molecule has 0 radical (unpaired) electrons. The van der Waals surface area contributed by atoms with Crippen molar-refractivity contribution < 1.29 is 4.42 Å². The van der Waals surface area contributed by atoms with Crippen LogP contribution in [0.5, 0.6) is 0 Å². The second-order valence-electron chi connectivity index (χ2n) is 5.10. The molecular formula is C15H18N4O. The molecule has 0 aliphatic rings. The van der Waals surface area contributed by atoms with Gasteiger partial charge in [0.2, 0.25) is 5.89 Å². The van der Waals surface area contributed by atoms with E-state index in [2.05, 4.69) is 35.4 Å². The van der Waals surface area contributed by atoms with Crippen LogP contribution in [-0.2, 0) is 13.0 Å². The standard InChI is InChI=1S/C15H18N4O/c1-11(2)3-8-14-18-19-15(20-14)17-10-13-6-4-12(9-16)5-7-13/h4-7,11H,3,8,10H2,1-2H3,(H,17,19). The summed E-state index contributed by atoms with van der Waals surface area (Å²) >= 11 is 0. The number of nitriles is 1. The molecule has 1 aromatic carbocycles. The fourth-order valence-corrected chi connectivity index (χ4v) is 1.71. The van der Waals surface area contributed by atoms with E-state index in [1.807, 2.05) is 12.1 Å². The number of aromatic nitrogens is 2. The molecule has 1 aromatic heterocycles. The second kappa shape index (κ2) is 6.71. The first-order chi connectivity index (χ1) is 9.67. The monoisotopic (exact) mass is 270 g/mol. The fourth-order valence-electron chi connectivity index (χ4n) is 1.71. The van der Waals surface area contributed by atoms with Gasteiger partial charge in [0.25, 0.3) is 0 Å². The minimum Gasteiger partial charge on any atom is -0.408 e. The number of benzene rings is 1. The zero-order valence-corrected chi connectivity index (χ0v) is 11.8. The SMILES string of the molecule is CC(C)CCc1nnc(NCc2ccc(C#N)cc2)o1. The number of nitrogens with one attached hydrogen (secondary N) is 1. The van der Waals surface area contributed by atoms with Crippen molar-refractivity contribution in [3.63, 3.8) is 0 Å². The van der Waals surface area contributed by atoms with Gasteiger partial charge in [-0.05, 0) is 30.0 Å². The van der Waals surface area contributed by atoms with Gasteiger partial charge in [-0.25, -0.2) is 0 Å². The van der Waals surface area contributed by atoms with Crippen LogP contribution in [-0.4, -0.2) is 10.2 Å². The number of hydrogen-bond donors (Lipinski definition) is 1. The highest BCUT2D eigenvalue weighted by Crippen LogP contribution is 2.12. The summed E-state index contributed by atoms with van der Waals surface area (Å²) in [4.78, 5) is 0. The van der Waals surface area contributed by atoms with E-state index in [1.54, 1.807) is 12.1 Å². The molecule has 1 heterocycles. The summed E-state index contributed by atoms with van der Waals surface area (Å²) in [7, 11) is 0. The normalized spacial score (nSPS) is 10.5. The van der Waals surface area contributed by atoms with Crippen molar-refractivity contribution in [2.75, 3.05) is 5.32 Å². The maximum absolute atomic E-state index is 8.73. The van der Waals surface area contributed by atoms with E-state index in [1.165, 1.54) is 0 Å². The first kappa shape index (κ1) is 14.1. The average Bonchev–Trinajstić information content (AvgIpc) is 2.91. The lowest BCUT2D eigenvalue weighted by atomic mass is 10.1. The van der Waals surface area contributed by atoms with Gasteiger partial charge in [-0.15, -0.1) is 5.10 Å². The Bertz CT molecular complexity index is 581. The molecule has 0 saturated heterocycles. The van der Waals surface area contributed by atoms with Crippen molar-refractivity contribution in [2.45, 2.75) is 33.2 Å². The fraction of sp³-hybridized carbons (Fsp3) is 0.400. The molecule has 0 fully saturated rings. The van der Waals surface area contributed by atoms with Crippen LogP contribution in [0.15, 0.2) is 28.7 Å². The first-order valence-corrected chi connectivity index (χ1v) is 6.72. The van der Waals surface area contributed by atoms with Gasteiger partial charge in [-0.2, -0.15) is 5.26 Å². The van der Waals surface area contributed by atoms with Crippen LogP contribution in [0.2, 0.25) is 0 Å². The molecule has 104 valence electrons. The molecule has 5 nitrogen and oxygen atoms in total. The predicted molar refractivity (Wildman–Crippen MR) is 75.9 cm³/mol. The quantitative estimate of drug-likeness (QED) is 0.872. The van der Waals surface area contributed by atoms with Crippen LogP contribution in [0.4, 0.5) is 6.01 Å². The second-order valence-corrected chi connectivity index (χ2v) is 5.10. The van der Waals surface area contributed by atoms with Crippen LogP contribution >= 0.6 is 0 Å². The summed E-state index contributed by atoms with van der Waals surface area (Å²) in [6, 6.07) is 9.92. The third-order valence-electron chi connectivity index (χ3n) is 2.93. The molecule has 0 aliphatic heterocycles. The van der Waals surface area contributed by atoms with Gasteiger partial charge in [0.1, 0.15) is 0 Å². The summed E-state index contributed by atoms with van der Waals surface area (Å²) in [5, 5.41) is 19.8. The minimum atomic E-state index is 0.438. The highest BCUT2D eigenvalue weighted by atomic mass is 16.4. The number of nitrogens with zero attached hydrogens (tertiary/aromatic N) is 3. The Morgan fingerprint density at radius 1 is 1.25 bits per heavy atom. The maximum Gasteiger partial charge on any atom is 0.315 e. The Kier molecular flexibility index (Phi) is 4.72. The zero-order valence-electron chi connectivity index (χ0n) is 11.8. The molecule has 0 aliphatic carbocycles. The molecule has 0 amide bonds. The summed E-state index contributed by atoms with van der Waals surface area (Å²) in [6.45, 7) is 4.93. The van der Waals surface area contributed by atoms with E-state index in [0.717, 1.165) is 18.4 Å². The van der Waals surface area contributed by atoms with E-state index in [-0.39, 0.29) is 0 Å². The Hall–Kier alpha value is -2.35. The van der Waals surface area contributed by atoms with Gasteiger partial charge in [0, 0.05) is 13.0 Å². The van der Waals surface area contributed by atoms with Crippen LogP contribution in [0.1, 0.15) is 37.3 Å². The topological polar surface area (TPSA) is 74.7 Å². The summed E-state index contributed by atoms with van der Waals surface area (Å²) in [6.07, 6.45) is 1.85. The lowest BCUT2D eigenvalue weighted by Gasteiger charge is -2.02. The van der Waals surface area contributed by atoms with E-state index in [9.17, 15) is 0 Å². The van der Waals surface area contributed by atoms with Crippen LogP contribution in [0, 0.1) is 17.2 Å². The molecule has 2 rings (SSSR count). The van der Waals surface area contributed by atoms with Crippen molar-refractivity contribution in [3.05, 3.63) is 41.3 Å². The molecule has 5 heteroatoms. The van der Waals surface area contributed by atoms with Gasteiger partial charge in [-0.3, -0.25) is 0 Å². The predicted octanol–water partition coefficient (Wildman–Crippen LogP) is 3.14. The smallest absolute Gasteiger partial charge is 0.315 e. The molecule has 2 aromatic rings. The van der Waals surface area contributed by atoms with Crippen LogP contribution in [0.25, 0.3) is 0 Å². The molecule has 1 N–H and O–H groups in total. The third kappa shape index (κ3) is 4.09. The van der Waals surface area contributed by atoms with Crippen molar-refractivity contribution >= 4 is 6.01 Å². The molecular weight excluding hydrogens is 252 g/mol. The largest absolute Gasteiger partial charge is 0.408 e. The summed E-state index contributed by atoms with van der Waals surface area (Å²) < 4.78 is 5.51. The zero-order chi connectivity index (χ0) is 14.4. The van der Waals surface area contributed by atoms with Crippen molar-refractivity contribution in [2.24, 2.45) is 5.92 Å². The molecule has 0 atom stereocenters. The van der Waals surface area contributed by atoms with Crippen molar-refractivity contribution in [1.29, 1.82) is 5.26 Å². The van der Waals surface area contributed by atoms with E-state index in [4.69, 9.17) is 9.68 Å². The van der Waals surface area contributed by atoms with Gasteiger partial charge in [-0.1, -0.05) is 31.1 Å². The molecule has 20 heavy (non-hydrogen) atoms. The van der Waals surface area contributed by atoms with Crippen LogP contribution < -0.4 is 5.32 Å². The maximum atomic E-state index is 8.73. The van der Waals surface area contributed by atoms with E-state index >= 15 is 0 Å². The Balaban J connectivity index is 1.86. The minimum absolute atomic E-state index is 0.438. The van der Waals surface area contributed by atoms with E-state index < -0.39 is 0 Å². The first-order valence-electron chi connectivity index (χ1n) is 6.72. The lowest BCUT2D eigenvalue weighted by molar-refractivity contribution is 0.469.